The first-order chi connectivity index (χ1) is 70.7. The zero-order chi connectivity index (χ0) is 102. The lowest BCUT2D eigenvalue weighted by atomic mass is 9.92. The lowest BCUT2D eigenvalue weighted by molar-refractivity contribution is -0.138. The smallest absolute Gasteiger partial charge is 0.304 e. The van der Waals surface area contributed by atoms with Crippen LogP contribution in [0.5, 0.6) is 75.1 Å². The summed E-state index contributed by atoms with van der Waals surface area (Å²) in [7, 11) is 4.80. The van der Waals surface area contributed by atoms with E-state index < -0.39 is 47.3 Å². The van der Waals surface area contributed by atoms with E-state index in [1.165, 1.54) is 63.4 Å². The number of carboxylic acid groups (broad SMARTS) is 5. The fourth-order valence-electron chi connectivity index (χ4n) is 22.1. The van der Waals surface area contributed by atoms with Crippen molar-refractivity contribution in [3.8, 4) is 109 Å². The summed E-state index contributed by atoms with van der Waals surface area (Å²) in [5.41, 5.74) is 25.7. The van der Waals surface area contributed by atoms with Crippen LogP contribution in [-0.2, 0) is 56.1 Å². The van der Waals surface area contributed by atoms with Gasteiger partial charge in [0.15, 0.2) is 11.6 Å². The van der Waals surface area contributed by atoms with Crippen LogP contribution in [0.2, 0.25) is 0 Å². The summed E-state index contributed by atoms with van der Waals surface area (Å²) in [6.07, 6.45) is 11.1. The number of aromatic nitrogens is 3. The molecule has 29 heteroatoms. The number of aliphatic carboxylic acids is 5. The van der Waals surface area contributed by atoms with Crippen LogP contribution in [0.15, 0.2) is 207 Å². The molecule has 0 amide bonds. The Hall–Kier alpha value is -15.8. The Bertz CT molecular complexity index is 7190. The predicted octanol–water partition coefficient (Wildman–Crippen LogP) is 23.4. The van der Waals surface area contributed by atoms with Crippen LogP contribution in [0.25, 0.3) is 33.4 Å². The van der Waals surface area contributed by atoms with Crippen LogP contribution in [0.1, 0.15) is 230 Å². The summed E-state index contributed by atoms with van der Waals surface area (Å²) in [5.74, 6) is 1.90. The maximum atomic E-state index is 14.5. The third kappa shape index (κ3) is 21.1. The average Bonchev–Trinajstić information content (AvgIpc) is 1.59. The number of hydrogen-bond acceptors (Lipinski definition) is 21. The summed E-state index contributed by atoms with van der Waals surface area (Å²) in [5, 5.41) is 45.2. The van der Waals surface area contributed by atoms with Gasteiger partial charge in [0, 0.05) is 128 Å². The molecule has 1 unspecified atom stereocenters. The van der Waals surface area contributed by atoms with Gasteiger partial charge in [0.1, 0.15) is 93.8 Å². The number of hydrogen-bond donors (Lipinski definition) is 5. The van der Waals surface area contributed by atoms with Crippen molar-refractivity contribution in [2.75, 3.05) is 54.4 Å². The van der Waals surface area contributed by atoms with Crippen molar-refractivity contribution in [3.63, 3.8) is 0 Å². The van der Waals surface area contributed by atoms with Crippen LogP contribution in [0, 0.1) is 45.1 Å². The van der Waals surface area contributed by atoms with E-state index in [1.807, 2.05) is 122 Å². The van der Waals surface area contributed by atoms with Gasteiger partial charge in [-0.1, -0.05) is 115 Å². The van der Waals surface area contributed by atoms with Crippen LogP contribution in [0.4, 0.5) is 13.2 Å². The Kier molecular flexibility index (Phi) is 29.1. The number of methoxy groups -OCH3 is 3. The van der Waals surface area contributed by atoms with E-state index in [9.17, 15) is 37.1 Å². The molecule has 8 heterocycles. The molecule has 0 bridgehead atoms. The van der Waals surface area contributed by atoms with Crippen molar-refractivity contribution >= 4 is 29.8 Å². The third-order valence-corrected chi connectivity index (χ3v) is 28.9. The Morgan fingerprint density at radius 3 is 1.07 bits per heavy atom. The van der Waals surface area contributed by atoms with Crippen LogP contribution in [0.3, 0.4) is 0 Å². The van der Waals surface area contributed by atoms with Gasteiger partial charge in [0.05, 0.1) is 92.7 Å². The van der Waals surface area contributed by atoms with Gasteiger partial charge in [0.25, 0.3) is 0 Å². The Labute approximate surface area is 841 Å². The number of nitrogens with zero attached hydrogens (tertiary/aromatic N) is 3. The second-order valence-electron chi connectivity index (χ2n) is 38.1. The van der Waals surface area contributed by atoms with Gasteiger partial charge in [-0.15, -0.1) is 0 Å². The average molecular weight is 1980 g/mol. The molecule has 0 radical (unpaired) electrons. The molecule has 5 aliphatic carbocycles. The van der Waals surface area contributed by atoms with Gasteiger partial charge in [-0.05, 0) is 217 Å². The summed E-state index contributed by atoms with van der Waals surface area (Å²) in [6, 6.07) is 61.4. The van der Waals surface area contributed by atoms with Gasteiger partial charge >= 0.3 is 29.8 Å². The maximum absolute atomic E-state index is 14.5. The minimum atomic E-state index is -0.862. The van der Waals surface area contributed by atoms with E-state index in [0.29, 0.717) is 103 Å². The molecule has 0 fully saturated rings. The molecule has 10 aromatic carbocycles. The fraction of sp³-hybridized carbons (Fsp3) is 0.316. The summed E-state index contributed by atoms with van der Waals surface area (Å²) < 4.78 is 117. The molecular formula is C117H110F3N3O23. The molecule has 10 atom stereocenters. The Morgan fingerprint density at radius 1 is 0.329 bits per heavy atom. The van der Waals surface area contributed by atoms with E-state index >= 15 is 0 Å². The van der Waals surface area contributed by atoms with E-state index in [0.717, 1.165) is 164 Å². The highest BCUT2D eigenvalue weighted by Crippen LogP contribution is 2.52. The van der Waals surface area contributed by atoms with E-state index in [-0.39, 0.29) is 92.2 Å². The number of rotatable bonds is 26. The predicted molar refractivity (Wildman–Crippen MR) is 533 cm³/mol. The van der Waals surface area contributed by atoms with Gasteiger partial charge in [0.2, 0.25) is 17.6 Å². The summed E-state index contributed by atoms with van der Waals surface area (Å²) in [6.45, 7) is 10.2. The number of pyridine rings is 3. The second-order valence-corrected chi connectivity index (χ2v) is 38.1. The van der Waals surface area contributed by atoms with Crippen molar-refractivity contribution in [1.82, 2.24) is 15.0 Å². The molecule has 5 N–H and O–H groups in total. The molecule has 26 nitrogen and oxygen atoms in total. The molecule has 23 rings (SSSR count). The van der Waals surface area contributed by atoms with Crippen molar-refractivity contribution in [2.45, 2.75) is 184 Å². The lowest BCUT2D eigenvalue weighted by Crippen LogP contribution is -2.07. The van der Waals surface area contributed by atoms with Crippen molar-refractivity contribution in [2.24, 2.45) is 0 Å². The van der Waals surface area contributed by atoms with Crippen molar-refractivity contribution < 1.29 is 124 Å². The molecule has 0 saturated carbocycles. The minimum absolute atomic E-state index is 0.0219. The maximum Gasteiger partial charge on any atom is 0.304 e. The molecular weight excluding hydrogens is 1870 g/mol. The molecule has 0 spiro atoms. The second kappa shape index (κ2) is 43.0. The van der Waals surface area contributed by atoms with Gasteiger partial charge in [-0.2, -0.15) is 0 Å². The Balaban J connectivity index is 0.000000116. The molecule has 5 aliphatic heterocycles. The first kappa shape index (κ1) is 98.9. The molecule has 10 aliphatic rings. The Morgan fingerprint density at radius 2 is 0.678 bits per heavy atom. The molecule has 146 heavy (non-hydrogen) atoms. The van der Waals surface area contributed by atoms with E-state index in [4.69, 9.17) is 87.1 Å². The fourth-order valence-corrected chi connectivity index (χ4v) is 22.1. The number of carbonyl (C=O) groups is 5. The minimum Gasteiger partial charge on any atom is -0.492 e. The van der Waals surface area contributed by atoms with E-state index in [1.54, 1.807) is 38.5 Å². The van der Waals surface area contributed by atoms with Crippen LogP contribution >= 0.6 is 0 Å². The number of benzene rings is 10. The summed E-state index contributed by atoms with van der Waals surface area (Å²) in [4.78, 5) is 68.0. The standard InChI is InChI=1S/2C27H27NO5.C25H22FNO5.C19H16F2O4.C19H18O4/c1-15-13-28-27(31-3)16(2)26(15)22-6-4-5-21-20(22)9-10-23(21)33-18-7-8-19-17(11-25(29)30)14-32-24(19)12-18;1-15-11-25(31-3)28-16(2)27(15)22-6-4-5-21-20(22)9-10-23(21)33-18-7-8-19-17(12-26(29)30)14-32-24(19)13-18;1-30-24-11-20(21(26)12-27-24)17-3-2-4-19-18(17)7-8-22(19)32-15-5-6-16-14(9-25(28)29)13-31-23(16)10-15;20-15-5-3-13-14(19(15)21)4-6-16(13)25-11-1-2-12-10(7-18(22)23)9-24-17(12)8-11;20-19(21)9-13-11-22-18-10-14(6-7-16(13)18)23-17-8-5-12-3-1-2-4-15(12)17/h4-8,12-13,17,23H,9-11,14H2,1-3H3,(H,29,30);4-8,11,13,17,23H,9-10,12,14H2,1-3H3,(H,29,30);2-6,10-12,14,22H,7-9,13H2,1H3,(H,28,29);1-3,5,8,10,16H,4,6-7,9H2,(H,22,23);1-4,6-7,10,13,17H,5,8-9,11H2,(H,20,21)/t2*17-,23-;14-,22-;10-,16-;13-,17?/m11111/s1. The lowest BCUT2D eigenvalue weighted by Gasteiger charge is -2.18. The third-order valence-electron chi connectivity index (χ3n) is 28.9. The highest BCUT2D eigenvalue weighted by Gasteiger charge is 2.39. The number of fused-ring (bicyclic) bond motifs is 10. The quantitative estimate of drug-likeness (QED) is 0.0336. The topological polar surface area (TPSA) is 345 Å². The highest BCUT2D eigenvalue weighted by atomic mass is 19.2. The number of ether oxygens (including phenoxy) is 13. The zero-order valence-corrected chi connectivity index (χ0v) is 81.6. The molecule has 752 valence electrons. The largest absolute Gasteiger partial charge is 0.492 e. The van der Waals surface area contributed by atoms with Crippen molar-refractivity contribution in [3.05, 3.63) is 330 Å². The van der Waals surface area contributed by atoms with Gasteiger partial charge < -0.3 is 87.1 Å². The van der Waals surface area contributed by atoms with Gasteiger partial charge in [-0.25, -0.2) is 28.1 Å². The van der Waals surface area contributed by atoms with Crippen LogP contribution in [-0.4, -0.2) is 125 Å². The molecule has 0 saturated heterocycles. The zero-order valence-electron chi connectivity index (χ0n) is 81.6. The van der Waals surface area contributed by atoms with Gasteiger partial charge in [-0.3, -0.25) is 24.0 Å². The summed E-state index contributed by atoms with van der Waals surface area (Å²) >= 11 is 0. The van der Waals surface area contributed by atoms with E-state index in [2.05, 4.69) is 90.3 Å². The molecule has 13 aromatic rings. The number of aryl methyl sites for hydroxylation is 4. The van der Waals surface area contributed by atoms with Crippen molar-refractivity contribution in [1.29, 1.82) is 0 Å². The molecule has 3 aromatic heterocycles. The first-order valence-corrected chi connectivity index (χ1v) is 49.1. The monoisotopic (exact) mass is 1980 g/mol. The first-order valence-electron chi connectivity index (χ1n) is 49.1. The normalized spacial score (nSPS) is 19.3. The number of carboxylic acids is 5. The highest BCUT2D eigenvalue weighted by molar-refractivity contribution is 5.79. The number of halogens is 3. The SMILES string of the molecule is COc1cc(-c2cccc3c2CC[C@H]3Oc2ccc3c(c2)OC[C@H]3CC(=O)O)c(F)cn1.COc1cc(C)c(-c2cccc3c2CC[C@H]3Oc2ccc3c(c2)OC[C@H]3CC(=O)O)c(C)n1.COc1ncc(C)c(-c2cccc3c2CC[C@H]3Oc2ccc3c(c2)OC[C@H]3CC(=O)O)c1C.O=C(O)C[C@@H]1COc2cc(OC3CCc4ccccc43)ccc21.O=C(O)C[C@@H]1COc2cc(O[C@@H]3CCc4c3ccc(F)c4F)ccc21. The van der Waals surface area contributed by atoms with Crippen LogP contribution < -0.4 is 61.6 Å².